The van der Waals surface area contributed by atoms with Crippen LogP contribution >= 0.6 is 11.3 Å². The van der Waals surface area contributed by atoms with E-state index in [-0.39, 0.29) is 17.7 Å². The SMILES string of the molecule is CN(C(=O)OC(C)(C)C)[C@H]1CCN(C(=O)c2ccc(C3=C4C(=O)c5c(NC(=O)NN6CCOCC6)cccc5C4N=N3)s2)C1. The van der Waals surface area contributed by atoms with Crippen LogP contribution in [0.2, 0.25) is 0 Å². The van der Waals surface area contributed by atoms with Crippen LogP contribution in [0.4, 0.5) is 15.3 Å². The number of azo groups is 1. The minimum absolute atomic E-state index is 0.141. The summed E-state index contributed by atoms with van der Waals surface area (Å²) in [4.78, 5) is 56.9. The number of fused-ring (bicyclic) bond motifs is 3. The van der Waals surface area contributed by atoms with Crippen molar-refractivity contribution in [2.45, 2.75) is 44.9 Å². The standard InChI is InChI=1S/C30H35N7O6S/c1-30(2,3)43-29(41)35(4)17-10-11-36(16-17)27(39)21-9-8-20(44-21)25-23-24(32-33-25)18-6-5-7-19(22(18)26(23)38)31-28(40)34-37-12-14-42-15-13-37/h5-9,17,24H,10-16H2,1-4H3,(H2,31,34,40)/t17-,24?/m0/s1. The Labute approximate surface area is 258 Å². The molecule has 1 aromatic heterocycles. The Morgan fingerprint density at radius 3 is 2.64 bits per heavy atom. The first-order valence-electron chi connectivity index (χ1n) is 14.6. The van der Waals surface area contributed by atoms with Crippen molar-refractivity contribution in [3.05, 3.63) is 56.8 Å². The molecule has 1 aromatic carbocycles. The third-order valence-electron chi connectivity index (χ3n) is 7.91. The molecule has 4 amide bonds. The third-order valence-corrected chi connectivity index (χ3v) is 8.99. The zero-order chi connectivity index (χ0) is 31.2. The van der Waals surface area contributed by atoms with Crippen molar-refractivity contribution < 1.29 is 28.7 Å². The molecule has 2 aromatic rings. The van der Waals surface area contributed by atoms with Crippen LogP contribution in [0.25, 0.3) is 5.70 Å². The number of carbonyl (C=O) groups is 4. The predicted octanol–water partition coefficient (Wildman–Crippen LogP) is 4.31. The highest BCUT2D eigenvalue weighted by Gasteiger charge is 2.43. The van der Waals surface area contributed by atoms with Crippen LogP contribution in [0.15, 0.2) is 46.1 Å². The summed E-state index contributed by atoms with van der Waals surface area (Å²) in [7, 11) is 1.69. The number of anilines is 1. The van der Waals surface area contributed by atoms with E-state index in [9.17, 15) is 19.2 Å². The summed E-state index contributed by atoms with van der Waals surface area (Å²) in [5.41, 5.74) is 4.54. The lowest BCUT2D eigenvalue weighted by molar-refractivity contribution is 0.0206. The van der Waals surface area contributed by atoms with E-state index < -0.39 is 23.8 Å². The third kappa shape index (κ3) is 5.84. The van der Waals surface area contributed by atoms with Gasteiger partial charge in [-0.2, -0.15) is 10.2 Å². The number of rotatable bonds is 5. The highest BCUT2D eigenvalue weighted by Crippen LogP contribution is 2.49. The molecule has 4 aliphatic rings. The molecule has 4 heterocycles. The van der Waals surface area contributed by atoms with E-state index in [0.717, 1.165) is 0 Å². The molecule has 0 spiro atoms. The van der Waals surface area contributed by atoms with Gasteiger partial charge in [-0.05, 0) is 51.0 Å². The van der Waals surface area contributed by atoms with Crippen molar-refractivity contribution >= 4 is 46.5 Å². The molecule has 13 nitrogen and oxygen atoms in total. The van der Waals surface area contributed by atoms with Crippen LogP contribution in [0, 0.1) is 0 Å². The van der Waals surface area contributed by atoms with Gasteiger partial charge in [-0.15, -0.1) is 11.3 Å². The number of hydrazine groups is 1. The number of urea groups is 1. The number of hydrogen-bond donors (Lipinski definition) is 2. The van der Waals surface area contributed by atoms with Gasteiger partial charge < -0.3 is 24.6 Å². The summed E-state index contributed by atoms with van der Waals surface area (Å²) >= 11 is 1.26. The fourth-order valence-electron chi connectivity index (χ4n) is 5.71. The molecule has 1 aliphatic carbocycles. The van der Waals surface area contributed by atoms with Gasteiger partial charge >= 0.3 is 12.1 Å². The zero-order valence-electron chi connectivity index (χ0n) is 25.1. The summed E-state index contributed by atoms with van der Waals surface area (Å²) in [5, 5.41) is 13.3. The van der Waals surface area contributed by atoms with Crippen LogP contribution in [0.1, 0.15) is 63.7 Å². The van der Waals surface area contributed by atoms with Gasteiger partial charge in [-0.3, -0.25) is 15.0 Å². The second kappa shape index (κ2) is 11.7. The summed E-state index contributed by atoms with van der Waals surface area (Å²) in [5.74, 6) is -0.390. The highest BCUT2D eigenvalue weighted by molar-refractivity contribution is 7.15. The van der Waals surface area contributed by atoms with Crippen LogP contribution in [0.5, 0.6) is 0 Å². The Morgan fingerprint density at radius 1 is 1.11 bits per heavy atom. The molecule has 14 heteroatoms. The number of amides is 4. The molecule has 44 heavy (non-hydrogen) atoms. The van der Waals surface area contributed by atoms with E-state index in [1.54, 1.807) is 46.1 Å². The number of benzene rings is 1. The van der Waals surface area contributed by atoms with Gasteiger partial charge in [0, 0.05) is 33.2 Å². The van der Waals surface area contributed by atoms with Gasteiger partial charge in [0.2, 0.25) is 0 Å². The molecular weight excluding hydrogens is 586 g/mol. The molecule has 2 N–H and O–H groups in total. The molecule has 2 saturated heterocycles. The molecule has 3 aliphatic heterocycles. The average molecular weight is 622 g/mol. The van der Waals surface area contributed by atoms with E-state index in [1.165, 1.54) is 11.3 Å². The molecular formula is C30H35N7O6S. The largest absolute Gasteiger partial charge is 0.444 e. The van der Waals surface area contributed by atoms with Crippen molar-refractivity contribution in [2.75, 3.05) is 51.8 Å². The number of ether oxygens (including phenoxy) is 2. The summed E-state index contributed by atoms with van der Waals surface area (Å²) in [6.07, 6.45) is 0.237. The average Bonchev–Trinajstić information content (AvgIpc) is 3.78. The molecule has 1 unspecified atom stereocenters. The summed E-state index contributed by atoms with van der Waals surface area (Å²) in [6.45, 7) is 8.59. The number of Topliss-reactive ketones (excluding diaryl/α,β-unsaturated/α-hetero) is 1. The van der Waals surface area contributed by atoms with E-state index >= 15 is 0 Å². The van der Waals surface area contributed by atoms with Crippen LogP contribution in [-0.2, 0) is 9.47 Å². The number of nitrogens with one attached hydrogen (secondary N) is 2. The topological polar surface area (TPSA) is 145 Å². The number of likely N-dealkylation sites (N-methyl/N-ethyl adjacent to an activating group) is 1. The smallest absolute Gasteiger partial charge is 0.410 e. The first-order valence-corrected chi connectivity index (χ1v) is 15.4. The first-order chi connectivity index (χ1) is 21.0. The Hall–Kier alpha value is -4.14. The second-order valence-corrected chi connectivity index (χ2v) is 13.2. The Morgan fingerprint density at radius 2 is 1.89 bits per heavy atom. The Balaban J connectivity index is 1.15. The van der Waals surface area contributed by atoms with E-state index in [0.29, 0.717) is 83.7 Å². The van der Waals surface area contributed by atoms with Gasteiger partial charge in [0.15, 0.2) is 5.78 Å². The number of thiophene rings is 1. The van der Waals surface area contributed by atoms with Crippen molar-refractivity contribution in [1.29, 1.82) is 0 Å². The van der Waals surface area contributed by atoms with Crippen molar-refractivity contribution in [2.24, 2.45) is 10.2 Å². The number of ketones is 1. The van der Waals surface area contributed by atoms with Crippen LogP contribution in [-0.4, -0.2) is 96.7 Å². The van der Waals surface area contributed by atoms with Gasteiger partial charge in [0.05, 0.1) is 45.8 Å². The summed E-state index contributed by atoms with van der Waals surface area (Å²) in [6, 6.07) is 7.66. The lowest BCUT2D eigenvalue weighted by Gasteiger charge is -2.28. The van der Waals surface area contributed by atoms with Crippen LogP contribution < -0.4 is 10.7 Å². The van der Waals surface area contributed by atoms with Crippen molar-refractivity contribution in [1.82, 2.24) is 20.2 Å². The zero-order valence-corrected chi connectivity index (χ0v) is 25.9. The molecule has 0 bridgehead atoms. The minimum atomic E-state index is -0.600. The van der Waals surface area contributed by atoms with Crippen molar-refractivity contribution in [3.8, 4) is 0 Å². The van der Waals surface area contributed by atoms with Crippen LogP contribution in [0.3, 0.4) is 0 Å². The quantitative estimate of drug-likeness (QED) is 0.506. The minimum Gasteiger partial charge on any atom is -0.444 e. The Kier molecular flexibility index (Phi) is 7.99. The molecule has 232 valence electrons. The maximum absolute atomic E-state index is 13.8. The number of nitrogens with zero attached hydrogens (tertiary/aromatic N) is 5. The lowest BCUT2D eigenvalue weighted by atomic mass is 10.1. The van der Waals surface area contributed by atoms with E-state index in [4.69, 9.17) is 9.47 Å². The van der Waals surface area contributed by atoms with E-state index in [1.807, 2.05) is 26.8 Å². The fraction of sp³-hybridized carbons (Fsp3) is 0.467. The van der Waals surface area contributed by atoms with Crippen molar-refractivity contribution in [3.63, 3.8) is 0 Å². The predicted molar refractivity (Wildman–Crippen MR) is 162 cm³/mol. The molecule has 2 fully saturated rings. The fourth-order valence-corrected chi connectivity index (χ4v) is 6.68. The maximum Gasteiger partial charge on any atom is 0.410 e. The normalized spacial score (nSPS) is 21.4. The highest BCUT2D eigenvalue weighted by atomic mass is 32.1. The molecule has 0 radical (unpaired) electrons. The monoisotopic (exact) mass is 621 g/mol. The number of hydrogen-bond acceptors (Lipinski definition) is 10. The Bertz CT molecular complexity index is 1570. The number of carbonyl (C=O) groups excluding carboxylic acids is 4. The van der Waals surface area contributed by atoms with E-state index in [2.05, 4.69) is 21.0 Å². The molecule has 2 atom stereocenters. The molecule has 0 saturated carbocycles. The van der Waals surface area contributed by atoms with Gasteiger partial charge in [-0.25, -0.2) is 14.6 Å². The lowest BCUT2D eigenvalue weighted by Crippen LogP contribution is -2.49. The van der Waals surface area contributed by atoms with Gasteiger partial charge in [0.25, 0.3) is 5.91 Å². The first kappa shape index (κ1) is 29.9. The van der Waals surface area contributed by atoms with Gasteiger partial charge in [-0.1, -0.05) is 12.1 Å². The van der Waals surface area contributed by atoms with Gasteiger partial charge in [0.1, 0.15) is 17.3 Å². The summed E-state index contributed by atoms with van der Waals surface area (Å²) < 4.78 is 10.8. The number of morpholine rings is 1. The maximum atomic E-state index is 13.8. The molecule has 6 rings (SSSR count). The number of likely N-dealkylation sites (tertiary alicyclic amines) is 1. The second-order valence-electron chi connectivity index (χ2n) is 12.1.